The molecule has 2 aromatic carbocycles. The largest absolute Gasteiger partial charge is 0.350 e. The molecule has 0 atom stereocenters. The van der Waals surface area contributed by atoms with Gasteiger partial charge in [0, 0.05) is 24.2 Å². The van der Waals surface area contributed by atoms with Crippen molar-refractivity contribution in [1.29, 1.82) is 5.26 Å². The molecule has 1 amide bonds. The lowest BCUT2D eigenvalue weighted by Gasteiger charge is -2.08. The number of nitro groups is 1. The molecule has 4 rings (SSSR count). The van der Waals surface area contributed by atoms with Gasteiger partial charge in [-0.05, 0) is 23.8 Å². The highest BCUT2D eigenvalue weighted by atomic mass is 16.6. The van der Waals surface area contributed by atoms with Crippen LogP contribution in [0.1, 0.15) is 21.5 Å². The van der Waals surface area contributed by atoms with E-state index in [1.54, 1.807) is 30.3 Å². The van der Waals surface area contributed by atoms with Crippen LogP contribution in [0.5, 0.6) is 0 Å². The summed E-state index contributed by atoms with van der Waals surface area (Å²) in [6.07, 6.45) is 2.82. The van der Waals surface area contributed by atoms with Gasteiger partial charge in [-0.1, -0.05) is 18.2 Å². The van der Waals surface area contributed by atoms with E-state index in [2.05, 4.69) is 15.4 Å². The monoisotopic (exact) mass is 443 g/mol. The SMILES string of the molecule is N#Cc1cccc(C(=O)NCCn2ncc3c(=O)n(Cc4ccc([N+](=O)[O-])cc4)cnc32)c1. The van der Waals surface area contributed by atoms with Crippen LogP contribution in [0.25, 0.3) is 11.0 Å². The smallest absolute Gasteiger partial charge is 0.269 e. The third-order valence-electron chi connectivity index (χ3n) is 4.99. The van der Waals surface area contributed by atoms with E-state index in [0.29, 0.717) is 28.7 Å². The lowest BCUT2D eigenvalue weighted by atomic mass is 10.1. The minimum Gasteiger partial charge on any atom is -0.350 e. The Labute approximate surface area is 186 Å². The molecule has 33 heavy (non-hydrogen) atoms. The maximum Gasteiger partial charge on any atom is 0.269 e. The summed E-state index contributed by atoms with van der Waals surface area (Å²) in [6, 6.07) is 14.3. The Hall–Kier alpha value is -4.85. The van der Waals surface area contributed by atoms with Crippen molar-refractivity contribution in [3.63, 3.8) is 0 Å². The van der Waals surface area contributed by atoms with Gasteiger partial charge in [-0.25, -0.2) is 9.67 Å². The van der Waals surface area contributed by atoms with E-state index in [1.807, 2.05) is 6.07 Å². The second kappa shape index (κ2) is 9.11. The van der Waals surface area contributed by atoms with Gasteiger partial charge in [0.1, 0.15) is 11.7 Å². The first-order valence-electron chi connectivity index (χ1n) is 9.89. The molecule has 0 bridgehead atoms. The van der Waals surface area contributed by atoms with E-state index in [1.165, 1.54) is 40.0 Å². The molecule has 1 N–H and O–H groups in total. The molecule has 11 nitrogen and oxygen atoms in total. The van der Waals surface area contributed by atoms with Crippen molar-refractivity contribution in [3.05, 3.63) is 98.2 Å². The van der Waals surface area contributed by atoms with Gasteiger partial charge in [-0.15, -0.1) is 0 Å². The van der Waals surface area contributed by atoms with E-state index >= 15 is 0 Å². The number of carbonyl (C=O) groups is 1. The lowest BCUT2D eigenvalue weighted by molar-refractivity contribution is -0.384. The fourth-order valence-electron chi connectivity index (χ4n) is 3.30. The molecule has 11 heteroatoms. The Morgan fingerprint density at radius 3 is 2.73 bits per heavy atom. The number of hydrogen-bond donors (Lipinski definition) is 1. The zero-order valence-corrected chi connectivity index (χ0v) is 17.2. The Bertz CT molecular complexity index is 1450. The summed E-state index contributed by atoms with van der Waals surface area (Å²) in [6.45, 7) is 0.759. The maximum atomic E-state index is 12.8. The number of nitriles is 1. The molecule has 2 aromatic heterocycles. The summed E-state index contributed by atoms with van der Waals surface area (Å²) in [7, 11) is 0. The molecule has 164 valence electrons. The number of rotatable bonds is 7. The number of fused-ring (bicyclic) bond motifs is 1. The molecular formula is C22H17N7O4. The van der Waals surface area contributed by atoms with E-state index in [0.717, 1.165) is 5.56 Å². The van der Waals surface area contributed by atoms with Gasteiger partial charge in [0.2, 0.25) is 0 Å². The third-order valence-corrected chi connectivity index (χ3v) is 4.99. The van der Waals surface area contributed by atoms with Crippen LogP contribution >= 0.6 is 0 Å². The molecule has 0 aliphatic heterocycles. The van der Waals surface area contributed by atoms with Gasteiger partial charge >= 0.3 is 0 Å². The lowest BCUT2D eigenvalue weighted by Crippen LogP contribution is -2.27. The van der Waals surface area contributed by atoms with Gasteiger partial charge in [-0.2, -0.15) is 10.4 Å². The molecule has 4 aromatic rings. The second-order valence-corrected chi connectivity index (χ2v) is 7.15. The van der Waals surface area contributed by atoms with E-state index in [9.17, 15) is 19.7 Å². The number of benzene rings is 2. The number of hydrogen-bond acceptors (Lipinski definition) is 7. The van der Waals surface area contributed by atoms with Gasteiger partial charge in [0.15, 0.2) is 5.65 Å². The summed E-state index contributed by atoms with van der Waals surface area (Å²) in [5.41, 5.74) is 1.58. The highest BCUT2D eigenvalue weighted by molar-refractivity contribution is 5.94. The molecule has 0 aliphatic carbocycles. The molecular weight excluding hydrogens is 426 g/mol. The number of non-ortho nitro benzene ring substituents is 1. The van der Waals surface area contributed by atoms with Crippen LogP contribution in [0.15, 0.2) is 65.8 Å². The molecule has 0 aliphatic rings. The molecule has 0 saturated heterocycles. The Balaban J connectivity index is 1.44. The average molecular weight is 443 g/mol. The van der Waals surface area contributed by atoms with Crippen LogP contribution in [0, 0.1) is 21.4 Å². The Kier molecular flexibility index (Phi) is 5.90. The zero-order chi connectivity index (χ0) is 23.4. The Morgan fingerprint density at radius 2 is 2.00 bits per heavy atom. The Morgan fingerprint density at radius 1 is 1.21 bits per heavy atom. The molecule has 0 spiro atoms. The van der Waals surface area contributed by atoms with Gasteiger partial charge in [-0.3, -0.25) is 24.3 Å². The van der Waals surface area contributed by atoms with Crippen LogP contribution in [0.4, 0.5) is 5.69 Å². The highest BCUT2D eigenvalue weighted by Crippen LogP contribution is 2.13. The van der Waals surface area contributed by atoms with Crippen LogP contribution in [0.2, 0.25) is 0 Å². The predicted octanol–water partition coefficient (Wildman–Crippen LogP) is 1.85. The zero-order valence-electron chi connectivity index (χ0n) is 17.2. The number of amides is 1. The van der Waals surface area contributed by atoms with Crippen LogP contribution in [-0.2, 0) is 13.1 Å². The van der Waals surface area contributed by atoms with Gasteiger partial charge in [0.05, 0.1) is 35.8 Å². The molecule has 0 radical (unpaired) electrons. The van der Waals surface area contributed by atoms with E-state index in [-0.39, 0.29) is 30.2 Å². The van der Waals surface area contributed by atoms with Crippen molar-refractivity contribution >= 4 is 22.6 Å². The van der Waals surface area contributed by atoms with E-state index < -0.39 is 4.92 Å². The number of carbonyl (C=O) groups excluding carboxylic acids is 1. The minimum atomic E-state index is -0.482. The summed E-state index contributed by atoms with van der Waals surface area (Å²) >= 11 is 0. The van der Waals surface area contributed by atoms with Crippen molar-refractivity contribution in [2.24, 2.45) is 0 Å². The van der Waals surface area contributed by atoms with Crippen LogP contribution < -0.4 is 10.9 Å². The minimum absolute atomic E-state index is 0.0224. The van der Waals surface area contributed by atoms with Crippen molar-refractivity contribution in [2.75, 3.05) is 6.54 Å². The first-order valence-corrected chi connectivity index (χ1v) is 9.89. The summed E-state index contributed by atoms with van der Waals surface area (Å²) in [5, 5.41) is 27.0. The predicted molar refractivity (Wildman–Crippen MR) is 117 cm³/mol. The first kappa shape index (κ1) is 21.4. The third kappa shape index (κ3) is 4.59. The average Bonchev–Trinajstić information content (AvgIpc) is 3.25. The standard InChI is InChI=1S/C22H17N7O4/c23-11-16-2-1-3-17(10-16)21(30)24-8-9-28-20-19(12-26-28)22(31)27(14-25-20)13-15-4-6-18(7-5-15)29(32)33/h1-7,10,12,14H,8-9,13H2,(H,24,30). The molecule has 2 heterocycles. The van der Waals surface area contributed by atoms with Crippen LogP contribution in [-0.4, -0.2) is 36.7 Å². The molecule has 0 unspecified atom stereocenters. The van der Waals surface area contributed by atoms with Gasteiger partial charge in [0.25, 0.3) is 17.2 Å². The molecule has 0 saturated carbocycles. The maximum absolute atomic E-state index is 12.8. The molecule has 0 fully saturated rings. The topological polar surface area (TPSA) is 149 Å². The number of nitrogens with zero attached hydrogens (tertiary/aromatic N) is 6. The normalized spacial score (nSPS) is 10.6. The number of aromatic nitrogens is 4. The number of nitrogens with one attached hydrogen (secondary N) is 1. The quantitative estimate of drug-likeness (QED) is 0.338. The van der Waals surface area contributed by atoms with Crippen molar-refractivity contribution < 1.29 is 9.72 Å². The second-order valence-electron chi connectivity index (χ2n) is 7.15. The fourth-order valence-corrected chi connectivity index (χ4v) is 3.30. The van der Waals surface area contributed by atoms with Crippen molar-refractivity contribution in [1.82, 2.24) is 24.6 Å². The van der Waals surface area contributed by atoms with Gasteiger partial charge < -0.3 is 5.32 Å². The van der Waals surface area contributed by atoms with Crippen molar-refractivity contribution in [3.8, 4) is 6.07 Å². The summed E-state index contributed by atoms with van der Waals surface area (Å²) in [5.74, 6) is -0.318. The van der Waals surface area contributed by atoms with Crippen LogP contribution in [0.3, 0.4) is 0 Å². The first-order chi connectivity index (χ1) is 16.0. The summed E-state index contributed by atoms with van der Waals surface area (Å²) in [4.78, 5) is 39.7. The number of nitro benzene ring substituents is 1. The highest BCUT2D eigenvalue weighted by Gasteiger charge is 2.12. The fraction of sp³-hybridized carbons (Fsp3) is 0.136. The summed E-state index contributed by atoms with van der Waals surface area (Å²) < 4.78 is 2.93. The van der Waals surface area contributed by atoms with Crippen molar-refractivity contribution in [2.45, 2.75) is 13.1 Å². The van der Waals surface area contributed by atoms with E-state index in [4.69, 9.17) is 5.26 Å².